The van der Waals surface area contributed by atoms with Gasteiger partial charge in [0.1, 0.15) is 0 Å². The lowest BCUT2D eigenvalue weighted by molar-refractivity contribution is 0.593. The summed E-state index contributed by atoms with van der Waals surface area (Å²) < 4.78 is 0. The summed E-state index contributed by atoms with van der Waals surface area (Å²) in [5, 5.41) is 0. The zero-order valence-electron chi connectivity index (χ0n) is 7.43. The highest BCUT2D eigenvalue weighted by Gasteiger charge is 1.89. The summed E-state index contributed by atoms with van der Waals surface area (Å²) in [5.74, 6) is 1.29. The minimum absolute atomic E-state index is 0.465. The molecule has 0 aliphatic heterocycles. The van der Waals surface area contributed by atoms with E-state index in [4.69, 9.17) is 0 Å². The van der Waals surface area contributed by atoms with Gasteiger partial charge >= 0.3 is 0 Å². The molecule has 0 N–H and O–H groups in total. The second-order valence-corrected chi connectivity index (χ2v) is 3.38. The van der Waals surface area contributed by atoms with Crippen molar-refractivity contribution < 1.29 is 0 Å². The van der Waals surface area contributed by atoms with E-state index in [0.717, 1.165) is 5.92 Å². The zero-order chi connectivity index (χ0) is 7.98. The smallest absolute Gasteiger partial charge is 0.0262 e. The van der Waals surface area contributed by atoms with Gasteiger partial charge in [0.05, 0.1) is 0 Å². The Morgan fingerprint density at radius 3 is 2.30 bits per heavy atom. The first-order valence-corrected chi connectivity index (χ1v) is 4.12. The van der Waals surface area contributed by atoms with Gasteiger partial charge in [0.2, 0.25) is 0 Å². The second kappa shape index (κ2) is 5.52. The average Bonchev–Trinajstić information content (AvgIpc) is 1.79. The third-order valence-electron chi connectivity index (χ3n) is 1.38. The molecule has 1 radical (unpaired) electrons. The fraction of sp³-hybridized carbons (Fsp3) is 0.700. The zero-order valence-corrected chi connectivity index (χ0v) is 7.43. The largest absolute Gasteiger partial charge is 0.0883 e. The minimum atomic E-state index is 0.465. The molecule has 0 aromatic rings. The van der Waals surface area contributed by atoms with E-state index in [1.165, 1.54) is 12.8 Å². The number of allylic oxidation sites excluding steroid dienone is 2. The van der Waals surface area contributed by atoms with E-state index in [2.05, 4.69) is 39.8 Å². The first-order chi connectivity index (χ1) is 4.63. The van der Waals surface area contributed by atoms with E-state index in [1.54, 1.807) is 0 Å². The molecular formula is C10H19. The predicted octanol–water partition coefficient (Wildman–Crippen LogP) is 3.45. The van der Waals surface area contributed by atoms with Gasteiger partial charge in [0.15, 0.2) is 0 Å². The molecule has 0 aromatic carbocycles. The van der Waals surface area contributed by atoms with Crippen molar-refractivity contribution in [2.75, 3.05) is 0 Å². The van der Waals surface area contributed by atoms with Gasteiger partial charge in [0.25, 0.3) is 0 Å². The normalized spacial score (nSPS) is 12.2. The average molecular weight is 139 g/mol. The topological polar surface area (TPSA) is 0 Å². The second-order valence-electron chi connectivity index (χ2n) is 3.38. The summed E-state index contributed by atoms with van der Waals surface area (Å²) in [7, 11) is 0. The Labute approximate surface area is 65.3 Å². The molecule has 0 heterocycles. The molecule has 0 bridgehead atoms. The maximum absolute atomic E-state index is 3.87. The van der Waals surface area contributed by atoms with Crippen LogP contribution in [0, 0.1) is 18.8 Å². The van der Waals surface area contributed by atoms with Crippen molar-refractivity contribution in [2.24, 2.45) is 11.8 Å². The Morgan fingerprint density at radius 2 is 1.90 bits per heavy atom. The van der Waals surface area contributed by atoms with Crippen molar-refractivity contribution in [1.82, 2.24) is 0 Å². The Kier molecular flexibility index (Phi) is 5.38. The molecule has 1 unspecified atom stereocenters. The van der Waals surface area contributed by atoms with Crippen molar-refractivity contribution in [1.29, 1.82) is 0 Å². The lowest BCUT2D eigenvalue weighted by Crippen LogP contribution is -1.84. The standard InChI is InChI=1S/C10H19/c1-9(2)7-5-6-8-10(3)4/h5,7,9-10H,1,6,8H2,2-4H3. The first-order valence-electron chi connectivity index (χ1n) is 4.12. The molecule has 1 atom stereocenters. The van der Waals surface area contributed by atoms with Gasteiger partial charge in [-0.2, -0.15) is 0 Å². The lowest BCUT2D eigenvalue weighted by atomic mass is 10.1. The van der Waals surface area contributed by atoms with Gasteiger partial charge in [-0.05, 0) is 31.6 Å². The molecule has 0 amide bonds. The van der Waals surface area contributed by atoms with Crippen molar-refractivity contribution in [3.63, 3.8) is 0 Å². The molecule has 0 nitrogen and oxygen atoms in total. The molecule has 10 heavy (non-hydrogen) atoms. The summed E-state index contributed by atoms with van der Waals surface area (Å²) in [4.78, 5) is 0. The summed E-state index contributed by atoms with van der Waals surface area (Å²) in [6, 6.07) is 0. The van der Waals surface area contributed by atoms with Gasteiger partial charge < -0.3 is 0 Å². The van der Waals surface area contributed by atoms with Crippen LogP contribution in [0.4, 0.5) is 0 Å². The van der Waals surface area contributed by atoms with Crippen LogP contribution in [0.3, 0.4) is 0 Å². The number of hydrogen-bond acceptors (Lipinski definition) is 0. The van der Waals surface area contributed by atoms with Crippen LogP contribution < -0.4 is 0 Å². The van der Waals surface area contributed by atoms with Crippen LogP contribution >= 0.6 is 0 Å². The van der Waals surface area contributed by atoms with Gasteiger partial charge in [-0.3, -0.25) is 0 Å². The molecule has 0 aliphatic rings. The Bertz CT molecular complexity index is 88.2. The summed E-state index contributed by atoms with van der Waals surface area (Å²) in [6.45, 7) is 10.5. The van der Waals surface area contributed by atoms with Crippen LogP contribution in [0.2, 0.25) is 0 Å². The van der Waals surface area contributed by atoms with Crippen molar-refractivity contribution in [2.45, 2.75) is 33.6 Å². The van der Waals surface area contributed by atoms with Crippen LogP contribution in [0.5, 0.6) is 0 Å². The highest BCUT2D eigenvalue weighted by Crippen LogP contribution is 2.05. The maximum Gasteiger partial charge on any atom is -0.0262 e. The van der Waals surface area contributed by atoms with Crippen molar-refractivity contribution >= 4 is 0 Å². The SMILES string of the molecule is [CH2]C(C)C=CCCC(C)C. The molecule has 0 saturated heterocycles. The molecule has 0 spiro atoms. The molecular weight excluding hydrogens is 120 g/mol. The third kappa shape index (κ3) is 7.74. The van der Waals surface area contributed by atoms with Crippen LogP contribution in [0.25, 0.3) is 0 Å². The van der Waals surface area contributed by atoms with Gasteiger partial charge in [-0.25, -0.2) is 0 Å². The Balaban J connectivity index is 3.19. The fourth-order valence-corrected chi connectivity index (χ4v) is 0.758. The van der Waals surface area contributed by atoms with E-state index >= 15 is 0 Å². The quantitative estimate of drug-likeness (QED) is 0.523. The number of hydrogen-bond donors (Lipinski definition) is 0. The van der Waals surface area contributed by atoms with E-state index < -0.39 is 0 Å². The summed E-state index contributed by atoms with van der Waals surface area (Å²) in [5.41, 5.74) is 0. The third-order valence-corrected chi connectivity index (χ3v) is 1.38. The number of rotatable bonds is 4. The van der Waals surface area contributed by atoms with Crippen LogP contribution in [0.1, 0.15) is 33.6 Å². The molecule has 59 valence electrons. The monoisotopic (exact) mass is 139 g/mol. The van der Waals surface area contributed by atoms with E-state index in [9.17, 15) is 0 Å². The minimum Gasteiger partial charge on any atom is -0.0883 e. The Hall–Kier alpha value is -0.260. The first kappa shape index (κ1) is 9.74. The van der Waals surface area contributed by atoms with Crippen LogP contribution in [0.15, 0.2) is 12.2 Å². The summed E-state index contributed by atoms with van der Waals surface area (Å²) in [6.07, 6.45) is 6.90. The van der Waals surface area contributed by atoms with E-state index in [0.29, 0.717) is 5.92 Å². The molecule has 0 rings (SSSR count). The van der Waals surface area contributed by atoms with Crippen molar-refractivity contribution in [3.05, 3.63) is 19.1 Å². The van der Waals surface area contributed by atoms with Gasteiger partial charge in [-0.1, -0.05) is 32.9 Å². The van der Waals surface area contributed by atoms with Gasteiger partial charge in [-0.15, -0.1) is 0 Å². The molecule has 0 aromatic heterocycles. The van der Waals surface area contributed by atoms with E-state index in [1.807, 2.05) is 0 Å². The van der Waals surface area contributed by atoms with E-state index in [-0.39, 0.29) is 0 Å². The van der Waals surface area contributed by atoms with Crippen LogP contribution in [-0.2, 0) is 0 Å². The lowest BCUT2D eigenvalue weighted by Gasteiger charge is -1.99. The van der Waals surface area contributed by atoms with Crippen LogP contribution in [-0.4, -0.2) is 0 Å². The highest BCUT2D eigenvalue weighted by atomic mass is 14.0. The van der Waals surface area contributed by atoms with Crippen molar-refractivity contribution in [3.8, 4) is 0 Å². The highest BCUT2D eigenvalue weighted by molar-refractivity contribution is 4.87. The fourth-order valence-electron chi connectivity index (χ4n) is 0.758. The maximum atomic E-state index is 3.87. The molecule has 0 heteroatoms. The Morgan fingerprint density at radius 1 is 1.30 bits per heavy atom. The van der Waals surface area contributed by atoms with Gasteiger partial charge in [0, 0.05) is 0 Å². The molecule has 0 saturated carbocycles. The molecule has 0 fully saturated rings. The predicted molar refractivity (Wildman–Crippen MR) is 47.7 cm³/mol. The summed E-state index contributed by atoms with van der Waals surface area (Å²) >= 11 is 0. The molecule has 0 aliphatic carbocycles.